The molecule has 0 radical (unpaired) electrons. The fourth-order valence-electron chi connectivity index (χ4n) is 4.54. The molecule has 1 aliphatic heterocycles. The van der Waals surface area contributed by atoms with E-state index in [1.807, 2.05) is 6.07 Å². The van der Waals surface area contributed by atoms with Crippen molar-refractivity contribution in [2.45, 2.75) is 77.7 Å². The molecule has 1 aliphatic carbocycles. The van der Waals surface area contributed by atoms with Crippen molar-refractivity contribution >= 4 is 0 Å². The predicted octanol–water partition coefficient (Wildman–Crippen LogP) is 5.43. The molecule has 0 spiro atoms. The minimum absolute atomic E-state index is 0.131. The van der Waals surface area contributed by atoms with E-state index in [-0.39, 0.29) is 5.60 Å². The molecule has 2 aliphatic rings. The predicted molar refractivity (Wildman–Crippen MR) is 90.7 cm³/mol. The van der Waals surface area contributed by atoms with Crippen LogP contribution in [0.3, 0.4) is 0 Å². The smallest absolute Gasteiger partial charge is 0.127 e. The number of unbranched alkanes of at least 4 members (excludes halogenated alkanes) is 1. The number of ether oxygens (including phenoxy) is 1. The SMILES string of the molecule is CCCCc1cc(O)c2c(c1)OC(C)(C)[C@@H]1CC[C@@H](C)C[C@@H]21. The molecule has 122 valence electrons. The summed E-state index contributed by atoms with van der Waals surface area (Å²) in [6.45, 7) is 8.98. The van der Waals surface area contributed by atoms with Crippen LogP contribution in [0, 0.1) is 11.8 Å². The highest BCUT2D eigenvalue weighted by Gasteiger charge is 2.46. The molecular formula is C20H30O2. The van der Waals surface area contributed by atoms with Crippen LogP contribution in [0.15, 0.2) is 12.1 Å². The summed E-state index contributed by atoms with van der Waals surface area (Å²) >= 11 is 0. The second kappa shape index (κ2) is 5.79. The van der Waals surface area contributed by atoms with Gasteiger partial charge in [0, 0.05) is 11.5 Å². The summed E-state index contributed by atoms with van der Waals surface area (Å²) in [6.07, 6.45) is 7.00. The lowest BCUT2D eigenvalue weighted by Crippen LogP contribution is -2.46. The Labute approximate surface area is 134 Å². The maximum absolute atomic E-state index is 10.7. The highest BCUT2D eigenvalue weighted by atomic mass is 16.5. The first kappa shape index (κ1) is 15.7. The lowest BCUT2D eigenvalue weighted by atomic mass is 9.64. The summed E-state index contributed by atoms with van der Waals surface area (Å²) in [5, 5.41) is 10.7. The Hall–Kier alpha value is -1.18. The summed E-state index contributed by atoms with van der Waals surface area (Å²) < 4.78 is 6.37. The van der Waals surface area contributed by atoms with E-state index in [1.54, 1.807) is 0 Å². The Morgan fingerprint density at radius 1 is 1.27 bits per heavy atom. The maximum Gasteiger partial charge on any atom is 0.127 e. The highest BCUT2D eigenvalue weighted by Crippen LogP contribution is 2.55. The van der Waals surface area contributed by atoms with Crippen molar-refractivity contribution in [3.05, 3.63) is 23.3 Å². The largest absolute Gasteiger partial charge is 0.508 e. The molecule has 2 nitrogen and oxygen atoms in total. The molecule has 1 aromatic carbocycles. The van der Waals surface area contributed by atoms with Crippen LogP contribution in [0.1, 0.15) is 76.8 Å². The molecular weight excluding hydrogens is 272 g/mol. The number of aromatic hydroxyl groups is 1. The van der Waals surface area contributed by atoms with Crippen molar-refractivity contribution in [2.75, 3.05) is 0 Å². The molecule has 2 heteroatoms. The molecule has 0 saturated heterocycles. The van der Waals surface area contributed by atoms with Gasteiger partial charge in [0.05, 0.1) is 0 Å². The Morgan fingerprint density at radius 2 is 2.05 bits per heavy atom. The van der Waals surface area contributed by atoms with Crippen molar-refractivity contribution < 1.29 is 9.84 Å². The zero-order chi connectivity index (χ0) is 15.9. The van der Waals surface area contributed by atoms with Gasteiger partial charge in [0.15, 0.2) is 0 Å². The van der Waals surface area contributed by atoms with Crippen molar-refractivity contribution in [1.29, 1.82) is 0 Å². The number of rotatable bonds is 3. The van der Waals surface area contributed by atoms with Gasteiger partial charge in [-0.05, 0) is 69.1 Å². The number of benzene rings is 1. The molecule has 0 unspecified atom stereocenters. The van der Waals surface area contributed by atoms with Crippen LogP contribution in [-0.4, -0.2) is 10.7 Å². The number of phenols is 1. The first-order valence-electron chi connectivity index (χ1n) is 8.97. The summed E-state index contributed by atoms with van der Waals surface area (Å²) in [4.78, 5) is 0. The lowest BCUT2D eigenvalue weighted by molar-refractivity contribution is -0.0145. The molecule has 0 amide bonds. The minimum atomic E-state index is -0.131. The monoisotopic (exact) mass is 302 g/mol. The third-order valence-electron chi connectivity index (χ3n) is 5.75. The van der Waals surface area contributed by atoms with Gasteiger partial charge < -0.3 is 9.84 Å². The van der Waals surface area contributed by atoms with Crippen molar-refractivity contribution in [1.82, 2.24) is 0 Å². The molecule has 22 heavy (non-hydrogen) atoms. The van der Waals surface area contributed by atoms with Crippen molar-refractivity contribution in [3.8, 4) is 11.5 Å². The van der Waals surface area contributed by atoms with E-state index in [4.69, 9.17) is 4.74 Å². The first-order chi connectivity index (χ1) is 10.4. The molecule has 1 fully saturated rings. The van der Waals surface area contributed by atoms with E-state index in [0.29, 0.717) is 17.6 Å². The highest BCUT2D eigenvalue weighted by molar-refractivity contribution is 5.52. The van der Waals surface area contributed by atoms with Crippen LogP contribution in [-0.2, 0) is 6.42 Å². The van der Waals surface area contributed by atoms with Crippen molar-refractivity contribution in [2.24, 2.45) is 11.8 Å². The van der Waals surface area contributed by atoms with Gasteiger partial charge in [-0.3, -0.25) is 0 Å². The van der Waals surface area contributed by atoms with Gasteiger partial charge in [-0.25, -0.2) is 0 Å². The normalized spacial score (nSPS) is 29.4. The standard InChI is InChI=1S/C20H30O2/c1-5-6-7-14-11-17(21)19-15-10-13(2)8-9-16(15)20(3,4)22-18(19)12-14/h11-13,15-16,21H,5-10H2,1-4H3/t13-,15-,16-/m1/s1. The average Bonchev–Trinajstić information content (AvgIpc) is 2.43. The second-order valence-electron chi connectivity index (χ2n) is 7.97. The zero-order valence-corrected chi connectivity index (χ0v) is 14.5. The van der Waals surface area contributed by atoms with Crippen molar-refractivity contribution in [3.63, 3.8) is 0 Å². The molecule has 3 atom stereocenters. The fraction of sp³-hybridized carbons (Fsp3) is 0.700. The number of hydrogen-bond donors (Lipinski definition) is 1. The van der Waals surface area contributed by atoms with E-state index < -0.39 is 0 Å². The minimum Gasteiger partial charge on any atom is -0.508 e. The Bertz CT molecular complexity index is 547. The Kier molecular flexibility index (Phi) is 4.13. The van der Waals surface area contributed by atoms with Crippen LogP contribution in [0.4, 0.5) is 0 Å². The van der Waals surface area contributed by atoms with E-state index in [2.05, 4.69) is 33.8 Å². The van der Waals surface area contributed by atoms with Gasteiger partial charge in [-0.2, -0.15) is 0 Å². The van der Waals surface area contributed by atoms with Crippen LogP contribution in [0.5, 0.6) is 11.5 Å². The molecule has 1 aromatic rings. The number of aryl methyl sites for hydroxylation is 1. The third-order valence-corrected chi connectivity index (χ3v) is 5.75. The fourth-order valence-corrected chi connectivity index (χ4v) is 4.54. The third kappa shape index (κ3) is 2.73. The number of phenolic OH excluding ortho intramolecular Hbond substituents is 1. The van der Waals surface area contributed by atoms with Gasteiger partial charge >= 0.3 is 0 Å². The lowest BCUT2D eigenvalue weighted by Gasteiger charge is -2.48. The maximum atomic E-state index is 10.7. The van der Waals surface area contributed by atoms with Gasteiger partial charge in [-0.1, -0.05) is 26.7 Å². The van der Waals surface area contributed by atoms with Gasteiger partial charge in [0.1, 0.15) is 17.1 Å². The molecule has 1 saturated carbocycles. The molecule has 0 bridgehead atoms. The second-order valence-corrected chi connectivity index (χ2v) is 7.97. The molecule has 1 heterocycles. The zero-order valence-electron chi connectivity index (χ0n) is 14.5. The summed E-state index contributed by atoms with van der Waals surface area (Å²) in [5.41, 5.74) is 2.15. The van der Waals surface area contributed by atoms with E-state index in [0.717, 1.165) is 30.1 Å². The molecule has 3 rings (SSSR count). The quantitative estimate of drug-likeness (QED) is 0.807. The Balaban J connectivity index is 2.01. The summed E-state index contributed by atoms with van der Waals surface area (Å²) in [6, 6.07) is 4.16. The van der Waals surface area contributed by atoms with Gasteiger partial charge in [-0.15, -0.1) is 0 Å². The first-order valence-corrected chi connectivity index (χ1v) is 8.97. The van der Waals surface area contributed by atoms with Crippen LogP contribution in [0.2, 0.25) is 0 Å². The Morgan fingerprint density at radius 3 is 2.77 bits per heavy atom. The van der Waals surface area contributed by atoms with E-state index >= 15 is 0 Å². The molecule has 0 aromatic heterocycles. The van der Waals surface area contributed by atoms with E-state index in [1.165, 1.54) is 31.2 Å². The van der Waals surface area contributed by atoms with Gasteiger partial charge in [0.2, 0.25) is 0 Å². The van der Waals surface area contributed by atoms with Gasteiger partial charge in [0.25, 0.3) is 0 Å². The summed E-state index contributed by atoms with van der Waals surface area (Å²) in [5.74, 6) is 3.10. The topological polar surface area (TPSA) is 29.5 Å². The van der Waals surface area contributed by atoms with Crippen LogP contribution in [0.25, 0.3) is 0 Å². The van der Waals surface area contributed by atoms with Crippen LogP contribution >= 0.6 is 0 Å². The molecule has 1 N–H and O–H groups in total. The van der Waals surface area contributed by atoms with E-state index in [9.17, 15) is 5.11 Å². The summed E-state index contributed by atoms with van der Waals surface area (Å²) in [7, 11) is 0. The van der Waals surface area contributed by atoms with Crippen LogP contribution < -0.4 is 4.74 Å². The number of fused-ring (bicyclic) bond motifs is 3. The average molecular weight is 302 g/mol. The number of hydrogen-bond acceptors (Lipinski definition) is 2.